The fraction of sp³-hybridized carbons (Fsp3) is 0.444. The topological polar surface area (TPSA) is 26.0 Å². The van der Waals surface area contributed by atoms with Gasteiger partial charge in [-0.05, 0) is 47.4 Å². The van der Waals surface area contributed by atoms with Crippen LogP contribution in [0.3, 0.4) is 0 Å². The Morgan fingerprint density at radius 2 is 1.79 bits per heavy atom. The molecule has 0 bridgehead atoms. The monoisotopic (exact) mass is 253 g/mol. The molecule has 0 radical (unpaired) electrons. The normalized spacial score (nSPS) is 31.5. The van der Waals surface area contributed by atoms with E-state index in [2.05, 4.69) is 56.3 Å². The van der Waals surface area contributed by atoms with Crippen LogP contribution in [0.4, 0.5) is 0 Å². The number of benzene rings is 2. The maximum absolute atomic E-state index is 6.85. The number of nitrogens with two attached hydrogens (primary N) is 1. The third-order valence-electron chi connectivity index (χ3n) is 4.98. The molecule has 0 heterocycles. The zero-order valence-corrected chi connectivity index (χ0v) is 11.9. The SMILES string of the molecule is CC1CCC(N)(c2cccc3ccccc23)C(C)C1. The van der Waals surface area contributed by atoms with Gasteiger partial charge in [0.2, 0.25) is 0 Å². The minimum absolute atomic E-state index is 0.159. The molecule has 1 fully saturated rings. The van der Waals surface area contributed by atoms with Crippen LogP contribution in [0, 0.1) is 11.8 Å². The Morgan fingerprint density at radius 3 is 2.58 bits per heavy atom. The van der Waals surface area contributed by atoms with Crippen molar-refractivity contribution < 1.29 is 0 Å². The van der Waals surface area contributed by atoms with Crippen molar-refractivity contribution in [1.29, 1.82) is 0 Å². The van der Waals surface area contributed by atoms with E-state index < -0.39 is 0 Å². The lowest BCUT2D eigenvalue weighted by molar-refractivity contribution is 0.166. The molecule has 0 aromatic heterocycles. The van der Waals surface area contributed by atoms with Gasteiger partial charge in [-0.3, -0.25) is 0 Å². The summed E-state index contributed by atoms with van der Waals surface area (Å²) in [6.07, 6.45) is 3.58. The van der Waals surface area contributed by atoms with Gasteiger partial charge >= 0.3 is 0 Å². The second-order valence-electron chi connectivity index (χ2n) is 6.35. The zero-order valence-electron chi connectivity index (χ0n) is 11.9. The molecule has 3 atom stereocenters. The first kappa shape index (κ1) is 12.7. The predicted molar refractivity (Wildman–Crippen MR) is 82.0 cm³/mol. The molecule has 0 saturated heterocycles. The van der Waals surface area contributed by atoms with Gasteiger partial charge in [-0.15, -0.1) is 0 Å². The Hall–Kier alpha value is -1.34. The third kappa shape index (κ3) is 2.06. The van der Waals surface area contributed by atoms with Crippen molar-refractivity contribution in [2.75, 3.05) is 0 Å². The Morgan fingerprint density at radius 1 is 1.05 bits per heavy atom. The highest BCUT2D eigenvalue weighted by Gasteiger charge is 2.38. The fourth-order valence-corrected chi connectivity index (χ4v) is 3.69. The molecule has 2 N–H and O–H groups in total. The molecular weight excluding hydrogens is 230 g/mol. The summed E-state index contributed by atoms with van der Waals surface area (Å²) in [4.78, 5) is 0. The van der Waals surface area contributed by atoms with Gasteiger partial charge in [0.15, 0.2) is 0 Å². The quantitative estimate of drug-likeness (QED) is 0.798. The smallest absolute Gasteiger partial charge is 0.0441 e. The lowest BCUT2D eigenvalue weighted by Crippen LogP contribution is -2.46. The van der Waals surface area contributed by atoms with Crippen LogP contribution in [-0.4, -0.2) is 0 Å². The Bertz CT molecular complexity index is 584. The first-order valence-electron chi connectivity index (χ1n) is 7.38. The van der Waals surface area contributed by atoms with E-state index in [1.165, 1.54) is 29.2 Å². The van der Waals surface area contributed by atoms with Crippen LogP contribution < -0.4 is 5.73 Å². The minimum Gasteiger partial charge on any atom is -0.321 e. The van der Waals surface area contributed by atoms with E-state index in [1.807, 2.05) is 0 Å². The van der Waals surface area contributed by atoms with E-state index in [9.17, 15) is 0 Å². The highest BCUT2D eigenvalue weighted by atomic mass is 14.8. The predicted octanol–water partition coefficient (Wildman–Crippen LogP) is 4.45. The van der Waals surface area contributed by atoms with Crippen molar-refractivity contribution in [3.05, 3.63) is 48.0 Å². The van der Waals surface area contributed by atoms with Gasteiger partial charge in [0.05, 0.1) is 0 Å². The average Bonchev–Trinajstić information content (AvgIpc) is 2.43. The van der Waals surface area contributed by atoms with E-state index in [-0.39, 0.29) is 5.54 Å². The molecule has 1 aliphatic carbocycles. The van der Waals surface area contributed by atoms with E-state index in [0.717, 1.165) is 12.3 Å². The molecule has 0 aliphatic heterocycles. The van der Waals surface area contributed by atoms with Gasteiger partial charge in [0, 0.05) is 5.54 Å². The molecule has 3 unspecified atom stereocenters. The summed E-state index contributed by atoms with van der Waals surface area (Å²) in [6, 6.07) is 15.2. The summed E-state index contributed by atoms with van der Waals surface area (Å²) in [5.41, 5.74) is 8.03. The molecule has 3 rings (SSSR count). The van der Waals surface area contributed by atoms with Crippen LogP contribution in [0.1, 0.15) is 38.7 Å². The highest BCUT2D eigenvalue weighted by Crippen LogP contribution is 2.43. The molecule has 0 spiro atoms. The summed E-state index contributed by atoms with van der Waals surface area (Å²) in [5.74, 6) is 1.35. The second-order valence-corrected chi connectivity index (χ2v) is 6.35. The lowest BCUT2D eigenvalue weighted by atomic mass is 9.66. The molecule has 1 nitrogen and oxygen atoms in total. The first-order chi connectivity index (χ1) is 9.11. The van der Waals surface area contributed by atoms with Crippen molar-refractivity contribution in [2.45, 2.75) is 38.6 Å². The van der Waals surface area contributed by atoms with Gasteiger partial charge in [0.1, 0.15) is 0 Å². The van der Waals surface area contributed by atoms with Gasteiger partial charge in [-0.2, -0.15) is 0 Å². The summed E-state index contributed by atoms with van der Waals surface area (Å²) in [6.45, 7) is 4.66. The maximum atomic E-state index is 6.85. The van der Waals surface area contributed by atoms with E-state index in [0.29, 0.717) is 5.92 Å². The number of hydrogen-bond acceptors (Lipinski definition) is 1. The van der Waals surface area contributed by atoms with Gasteiger partial charge in [-0.1, -0.05) is 56.3 Å². The van der Waals surface area contributed by atoms with Crippen LogP contribution in [0.15, 0.2) is 42.5 Å². The maximum Gasteiger partial charge on any atom is 0.0441 e. The summed E-state index contributed by atoms with van der Waals surface area (Å²) < 4.78 is 0. The van der Waals surface area contributed by atoms with E-state index in [1.54, 1.807) is 0 Å². The summed E-state index contributed by atoms with van der Waals surface area (Å²) in [7, 11) is 0. The number of fused-ring (bicyclic) bond motifs is 1. The van der Waals surface area contributed by atoms with Crippen molar-refractivity contribution >= 4 is 10.8 Å². The van der Waals surface area contributed by atoms with Crippen LogP contribution >= 0.6 is 0 Å². The molecule has 19 heavy (non-hydrogen) atoms. The third-order valence-corrected chi connectivity index (χ3v) is 4.98. The van der Waals surface area contributed by atoms with Gasteiger partial charge in [-0.25, -0.2) is 0 Å². The Labute approximate surface area is 115 Å². The van der Waals surface area contributed by atoms with Crippen molar-refractivity contribution in [2.24, 2.45) is 17.6 Å². The molecule has 2 aromatic rings. The van der Waals surface area contributed by atoms with Gasteiger partial charge in [0.25, 0.3) is 0 Å². The standard InChI is InChI=1S/C18H23N/c1-13-10-11-18(19,14(2)12-13)17-9-5-7-15-6-3-4-8-16(15)17/h3-9,13-14H,10-12,19H2,1-2H3. The van der Waals surface area contributed by atoms with E-state index in [4.69, 9.17) is 5.73 Å². The largest absolute Gasteiger partial charge is 0.321 e. The lowest BCUT2D eigenvalue weighted by Gasteiger charge is -2.43. The van der Waals surface area contributed by atoms with Crippen molar-refractivity contribution in [1.82, 2.24) is 0 Å². The number of rotatable bonds is 1. The van der Waals surface area contributed by atoms with E-state index >= 15 is 0 Å². The summed E-state index contributed by atoms with van der Waals surface area (Å²) in [5, 5.41) is 2.63. The molecule has 1 saturated carbocycles. The Kier molecular flexibility index (Phi) is 3.10. The fourth-order valence-electron chi connectivity index (χ4n) is 3.69. The first-order valence-corrected chi connectivity index (χ1v) is 7.38. The van der Waals surface area contributed by atoms with Crippen LogP contribution in [0.25, 0.3) is 10.8 Å². The number of hydrogen-bond donors (Lipinski definition) is 1. The van der Waals surface area contributed by atoms with Crippen LogP contribution in [0.5, 0.6) is 0 Å². The second kappa shape index (κ2) is 4.64. The highest BCUT2D eigenvalue weighted by molar-refractivity contribution is 5.86. The molecule has 0 amide bonds. The Balaban J connectivity index is 2.13. The molecule has 1 heteroatoms. The minimum atomic E-state index is -0.159. The molecule has 100 valence electrons. The average molecular weight is 253 g/mol. The molecular formula is C18H23N. The molecule has 2 aromatic carbocycles. The van der Waals surface area contributed by atoms with Crippen molar-refractivity contribution in [3.8, 4) is 0 Å². The van der Waals surface area contributed by atoms with Crippen LogP contribution in [0.2, 0.25) is 0 Å². The van der Waals surface area contributed by atoms with Crippen molar-refractivity contribution in [3.63, 3.8) is 0 Å². The van der Waals surface area contributed by atoms with Gasteiger partial charge < -0.3 is 5.73 Å². The molecule has 1 aliphatic rings. The van der Waals surface area contributed by atoms with Crippen LogP contribution in [-0.2, 0) is 5.54 Å². The zero-order chi connectivity index (χ0) is 13.5. The summed E-state index contributed by atoms with van der Waals surface area (Å²) >= 11 is 0.